The topological polar surface area (TPSA) is 41.6 Å². The second kappa shape index (κ2) is 6.02. The Kier molecular flexibility index (Phi) is 3.70. The average Bonchev–Trinajstić information content (AvgIpc) is 3.16. The number of nitrogens with one attached hydrogen (secondary N) is 1. The molecule has 120 valence electrons. The lowest BCUT2D eigenvalue weighted by Crippen LogP contribution is -2.42. The number of hydrogen-bond donors (Lipinski definition) is 1. The second-order valence-electron chi connectivity index (χ2n) is 5.48. The van der Waals surface area contributed by atoms with Crippen LogP contribution in [0.3, 0.4) is 0 Å². The fourth-order valence-corrected chi connectivity index (χ4v) is 3.67. The third kappa shape index (κ3) is 2.43. The van der Waals surface area contributed by atoms with Crippen LogP contribution in [-0.4, -0.2) is 13.0 Å². The average molecular weight is 336 g/mol. The summed E-state index contributed by atoms with van der Waals surface area (Å²) in [5.74, 6) is 0.761. The van der Waals surface area contributed by atoms with Crippen LogP contribution < -0.4 is 15.0 Å². The molecule has 1 amide bonds. The van der Waals surface area contributed by atoms with Gasteiger partial charge in [0.05, 0.1) is 12.7 Å². The van der Waals surface area contributed by atoms with Crippen molar-refractivity contribution in [3.63, 3.8) is 0 Å². The molecular weight excluding hydrogens is 320 g/mol. The molecule has 0 aliphatic carbocycles. The number of rotatable bonds is 3. The van der Waals surface area contributed by atoms with E-state index in [1.807, 2.05) is 66.0 Å². The van der Waals surface area contributed by atoms with E-state index in [1.54, 1.807) is 23.3 Å². The van der Waals surface area contributed by atoms with Crippen LogP contribution in [0.1, 0.15) is 21.4 Å². The van der Waals surface area contributed by atoms with E-state index in [2.05, 4.69) is 5.32 Å². The van der Waals surface area contributed by atoms with Gasteiger partial charge in [0.15, 0.2) is 0 Å². The highest BCUT2D eigenvalue weighted by atomic mass is 32.1. The van der Waals surface area contributed by atoms with E-state index in [-0.39, 0.29) is 12.1 Å². The minimum absolute atomic E-state index is 0.00656. The Labute approximate surface area is 144 Å². The number of carbonyl (C=O) groups is 1. The van der Waals surface area contributed by atoms with Crippen LogP contribution in [0.5, 0.6) is 5.75 Å². The first-order valence-corrected chi connectivity index (χ1v) is 8.52. The van der Waals surface area contributed by atoms with Gasteiger partial charge in [-0.15, -0.1) is 11.3 Å². The zero-order valence-corrected chi connectivity index (χ0v) is 13.9. The highest BCUT2D eigenvalue weighted by Gasteiger charge is 2.34. The van der Waals surface area contributed by atoms with E-state index in [1.165, 1.54) is 0 Å². The van der Waals surface area contributed by atoms with Crippen LogP contribution >= 0.6 is 11.3 Å². The molecule has 1 aliphatic heterocycles. The summed E-state index contributed by atoms with van der Waals surface area (Å²) in [5.41, 5.74) is 2.38. The molecule has 1 atom stereocenters. The predicted molar refractivity (Wildman–Crippen MR) is 96.9 cm³/mol. The highest BCUT2D eigenvalue weighted by molar-refractivity contribution is 7.10. The van der Waals surface area contributed by atoms with E-state index in [0.29, 0.717) is 5.56 Å². The smallest absolute Gasteiger partial charge is 0.262 e. The number of hydrogen-bond acceptors (Lipinski definition) is 4. The van der Waals surface area contributed by atoms with Crippen LogP contribution in [0.25, 0.3) is 0 Å². The highest BCUT2D eigenvalue weighted by Crippen LogP contribution is 2.38. The van der Waals surface area contributed by atoms with Crippen molar-refractivity contribution in [3.05, 3.63) is 76.5 Å². The molecule has 24 heavy (non-hydrogen) atoms. The van der Waals surface area contributed by atoms with Gasteiger partial charge in [-0.05, 0) is 47.8 Å². The van der Waals surface area contributed by atoms with E-state index < -0.39 is 0 Å². The predicted octanol–water partition coefficient (Wildman–Crippen LogP) is 4.53. The number of anilines is 2. The number of benzene rings is 2. The van der Waals surface area contributed by atoms with Crippen LogP contribution in [0.2, 0.25) is 0 Å². The van der Waals surface area contributed by atoms with Gasteiger partial charge in [-0.1, -0.05) is 18.2 Å². The third-order valence-electron chi connectivity index (χ3n) is 4.09. The monoisotopic (exact) mass is 336 g/mol. The molecule has 0 radical (unpaired) electrons. The Hall–Kier alpha value is -2.79. The number of thiophene rings is 1. The number of fused-ring (bicyclic) bond motifs is 1. The van der Waals surface area contributed by atoms with Gasteiger partial charge in [0.2, 0.25) is 0 Å². The number of amides is 1. The fourth-order valence-electron chi connectivity index (χ4n) is 2.91. The molecule has 1 aromatic heterocycles. The summed E-state index contributed by atoms with van der Waals surface area (Å²) < 4.78 is 5.22. The molecule has 4 nitrogen and oxygen atoms in total. The molecule has 0 unspecified atom stereocenters. The molecule has 2 aromatic carbocycles. The standard InChI is InChI=1S/C19H16N2O2S/c1-23-14-10-8-13(9-11-14)21-18(17-7-4-12-24-17)20-16-6-3-2-5-15(16)19(21)22/h2-12,18,20H,1H3/t18-/m1/s1. The summed E-state index contributed by atoms with van der Waals surface area (Å²) in [6, 6.07) is 19.2. The van der Waals surface area contributed by atoms with Crippen molar-refractivity contribution in [2.45, 2.75) is 6.17 Å². The molecule has 0 bridgehead atoms. The second-order valence-corrected chi connectivity index (χ2v) is 6.46. The largest absolute Gasteiger partial charge is 0.497 e. The van der Waals surface area contributed by atoms with Gasteiger partial charge < -0.3 is 10.1 Å². The van der Waals surface area contributed by atoms with Crippen molar-refractivity contribution in [1.82, 2.24) is 0 Å². The summed E-state index contributed by atoms with van der Waals surface area (Å²) in [6.45, 7) is 0. The van der Waals surface area contributed by atoms with Crippen LogP contribution in [0, 0.1) is 0 Å². The van der Waals surface area contributed by atoms with Gasteiger partial charge in [-0.3, -0.25) is 9.69 Å². The lowest BCUT2D eigenvalue weighted by molar-refractivity contribution is 0.0975. The minimum atomic E-state index is -0.221. The molecule has 5 heteroatoms. The fraction of sp³-hybridized carbons (Fsp3) is 0.105. The maximum atomic E-state index is 13.1. The Morgan fingerprint density at radius 1 is 1.04 bits per heavy atom. The lowest BCUT2D eigenvalue weighted by Gasteiger charge is -2.37. The molecule has 0 saturated heterocycles. The molecule has 0 saturated carbocycles. The van der Waals surface area contributed by atoms with Crippen molar-refractivity contribution in [2.24, 2.45) is 0 Å². The van der Waals surface area contributed by atoms with Crippen molar-refractivity contribution >= 4 is 28.6 Å². The zero-order valence-electron chi connectivity index (χ0n) is 13.1. The molecule has 0 spiro atoms. The van der Waals surface area contributed by atoms with Gasteiger partial charge in [0.1, 0.15) is 11.9 Å². The number of para-hydroxylation sites is 1. The molecule has 3 aromatic rings. The first-order chi connectivity index (χ1) is 11.8. The van der Waals surface area contributed by atoms with Gasteiger partial charge >= 0.3 is 0 Å². The summed E-state index contributed by atoms with van der Waals surface area (Å²) in [5, 5.41) is 5.51. The third-order valence-corrected chi connectivity index (χ3v) is 5.01. The Balaban J connectivity index is 1.82. The zero-order chi connectivity index (χ0) is 16.5. The summed E-state index contributed by atoms with van der Waals surface area (Å²) >= 11 is 1.63. The van der Waals surface area contributed by atoms with E-state index in [9.17, 15) is 4.79 Å². The maximum absolute atomic E-state index is 13.1. The van der Waals surface area contributed by atoms with Gasteiger partial charge in [0, 0.05) is 16.3 Å². The van der Waals surface area contributed by atoms with Crippen LogP contribution in [0.15, 0.2) is 66.0 Å². The molecule has 1 N–H and O–H groups in total. The Morgan fingerprint density at radius 3 is 2.54 bits per heavy atom. The first kappa shape index (κ1) is 14.8. The first-order valence-electron chi connectivity index (χ1n) is 7.64. The number of nitrogens with zero attached hydrogens (tertiary/aromatic N) is 1. The van der Waals surface area contributed by atoms with E-state index in [4.69, 9.17) is 4.74 Å². The van der Waals surface area contributed by atoms with Crippen molar-refractivity contribution in [2.75, 3.05) is 17.3 Å². The van der Waals surface area contributed by atoms with Crippen LogP contribution in [-0.2, 0) is 0 Å². The van der Waals surface area contributed by atoms with Gasteiger partial charge in [-0.2, -0.15) is 0 Å². The molecule has 2 heterocycles. The van der Waals surface area contributed by atoms with Crippen molar-refractivity contribution in [1.29, 1.82) is 0 Å². The number of carbonyl (C=O) groups excluding carboxylic acids is 1. The van der Waals surface area contributed by atoms with E-state index >= 15 is 0 Å². The quantitative estimate of drug-likeness (QED) is 0.764. The SMILES string of the molecule is COc1ccc(N2C(=O)c3ccccc3N[C@H]2c2cccs2)cc1. The van der Waals surface area contributed by atoms with E-state index in [0.717, 1.165) is 22.0 Å². The van der Waals surface area contributed by atoms with Gasteiger partial charge in [0.25, 0.3) is 5.91 Å². The Morgan fingerprint density at radius 2 is 1.83 bits per heavy atom. The normalized spacial score (nSPS) is 16.5. The summed E-state index contributed by atoms with van der Waals surface area (Å²) in [6.07, 6.45) is -0.221. The summed E-state index contributed by atoms with van der Waals surface area (Å²) in [4.78, 5) is 16.0. The van der Waals surface area contributed by atoms with Gasteiger partial charge in [-0.25, -0.2) is 0 Å². The molecule has 0 fully saturated rings. The summed E-state index contributed by atoms with van der Waals surface area (Å²) in [7, 11) is 1.63. The molecular formula is C19H16N2O2S. The van der Waals surface area contributed by atoms with Crippen molar-refractivity contribution in [3.8, 4) is 5.75 Å². The molecule has 4 rings (SSSR count). The minimum Gasteiger partial charge on any atom is -0.497 e. The van der Waals surface area contributed by atoms with Crippen molar-refractivity contribution < 1.29 is 9.53 Å². The van der Waals surface area contributed by atoms with Crippen LogP contribution in [0.4, 0.5) is 11.4 Å². The Bertz CT molecular complexity index is 859. The lowest BCUT2D eigenvalue weighted by atomic mass is 10.1. The number of methoxy groups -OCH3 is 1. The maximum Gasteiger partial charge on any atom is 0.262 e. The molecule has 1 aliphatic rings. The number of ether oxygens (including phenoxy) is 1.